The normalized spacial score (nSPS) is 14.6. The number of rotatable bonds is 5. The lowest BCUT2D eigenvalue weighted by Crippen LogP contribution is -2.22. The minimum atomic E-state index is 0.0896. The molecule has 24 heavy (non-hydrogen) atoms. The number of para-hydroxylation sites is 1. The van der Waals surface area contributed by atoms with E-state index >= 15 is 0 Å². The fraction of sp³-hybridized carbons (Fsp3) is 0.389. The first-order chi connectivity index (χ1) is 11.6. The maximum absolute atomic E-state index is 12.8. The van der Waals surface area contributed by atoms with E-state index in [4.69, 9.17) is 4.98 Å². The van der Waals surface area contributed by atoms with Crippen molar-refractivity contribution in [2.24, 2.45) is 0 Å². The molecule has 1 saturated carbocycles. The van der Waals surface area contributed by atoms with Crippen molar-refractivity contribution in [3.05, 3.63) is 50.7 Å². The molecule has 1 aromatic carbocycles. The molecular formula is C18H19N3OS2. The van der Waals surface area contributed by atoms with E-state index in [1.165, 1.54) is 0 Å². The van der Waals surface area contributed by atoms with Gasteiger partial charge in [-0.3, -0.25) is 9.36 Å². The lowest BCUT2D eigenvalue weighted by atomic mass is 10.2. The Bertz CT molecular complexity index is 941. The Morgan fingerprint density at radius 3 is 2.79 bits per heavy atom. The summed E-state index contributed by atoms with van der Waals surface area (Å²) in [6.45, 7) is 4.32. The number of hydrogen-bond acceptors (Lipinski definition) is 5. The third-order valence-electron chi connectivity index (χ3n) is 4.10. The van der Waals surface area contributed by atoms with Crippen LogP contribution in [0.5, 0.6) is 0 Å². The number of thioether (sulfide) groups is 1. The number of fused-ring (bicyclic) bond motifs is 1. The van der Waals surface area contributed by atoms with Crippen LogP contribution in [0.3, 0.4) is 0 Å². The molecule has 0 bridgehead atoms. The minimum absolute atomic E-state index is 0.0896. The third kappa shape index (κ3) is 3.00. The molecule has 0 saturated heterocycles. The van der Waals surface area contributed by atoms with Crippen molar-refractivity contribution < 1.29 is 0 Å². The van der Waals surface area contributed by atoms with Crippen LogP contribution >= 0.6 is 23.1 Å². The predicted octanol–water partition coefficient (Wildman–Crippen LogP) is 4.60. The van der Waals surface area contributed by atoms with Gasteiger partial charge in [0.2, 0.25) is 0 Å². The highest BCUT2D eigenvalue weighted by molar-refractivity contribution is 7.98. The average Bonchev–Trinajstić information content (AvgIpc) is 3.29. The van der Waals surface area contributed by atoms with Gasteiger partial charge in [-0.2, -0.15) is 0 Å². The number of aromatic nitrogens is 3. The molecule has 1 aliphatic rings. The minimum Gasteiger partial charge on any atom is -0.284 e. The van der Waals surface area contributed by atoms with Crippen molar-refractivity contribution in [2.45, 2.75) is 49.6 Å². The van der Waals surface area contributed by atoms with Crippen LogP contribution in [0.2, 0.25) is 0 Å². The zero-order valence-corrected chi connectivity index (χ0v) is 15.4. The monoisotopic (exact) mass is 357 g/mol. The first-order valence-corrected chi connectivity index (χ1v) is 10.1. The molecule has 2 aromatic heterocycles. The molecule has 0 aliphatic heterocycles. The summed E-state index contributed by atoms with van der Waals surface area (Å²) >= 11 is 3.33. The molecule has 124 valence electrons. The van der Waals surface area contributed by atoms with Gasteiger partial charge in [0.25, 0.3) is 5.56 Å². The van der Waals surface area contributed by atoms with Gasteiger partial charge in [-0.05, 0) is 25.0 Å². The van der Waals surface area contributed by atoms with Crippen molar-refractivity contribution in [1.29, 1.82) is 0 Å². The maximum atomic E-state index is 12.8. The van der Waals surface area contributed by atoms with Crippen LogP contribution in [0.25, 0.3) is 10.9 Å². The van der Waals surface area contributed by atoms with Crippen LogP contribution in [-0.4, -0.2) is 14.5 Å². The highest BCUT2D eigenvalue weighted by Gasteiger charge is 2.28. The SMILES string of the molecule is CC(C)c1nc(CSc2nc3ccccc3c(=O)n2C2CC2)cs1. The van der Waals surface area contributed by atoms with Gasteiger partial charge in [0, 0.05) is 23.1 Å². The number of benzene rings is 1. The molecule has 6 heteroatoms. The Hall–Kier alpha value is -1.66. The lowest BCUT2D eigenvalue weighted by molar-refractivity contribution is 0.618. The van der Waals surface area contributed by atoms with Crippen LogP contribution < -0.4 is 5.56 Å². The Labute approximate surface area is 149 Å². The van der Waals surface area contributed by atoms with E-state index in [0.29, 0.717) is 17.3 Å². The van der Waals surface area contributed by atoms with E-state index in [1.54, 1.807) is 23.1 Å². The molecule has 2 heterocycles. The summed E-state index contributed by atoms with van der Waals surface area (Å²) in [4.78, 5) is 22.3. The molecule has 0 amide bonds. The van der Waals surface area contributed by atoms with Crippen molar-refractivity contribution in [1.82, 2.24) is 14.5 Å². The quantitative estimate of drug-likeness (QED) is 0.494. The van der Waals surface area contributed by atoms with Crippen LogP contribution in [0, 0.1) is 0 Å². The number of hydrogen-bond donors (Lipinski definition) is 0. The second-order valence-corrected chi connectivity index (χ2v) is 8.27. The summed E-state index contributed by atoms with van der Waals surface area (Å²) in [6.07, 6.45) is 2.14. The average molecular weight is 358 g/mol. The Morgan fingerprint density at radius 1 is 1.29 bits per heavy atom. The number of thiazole rings is 1. The Kier molecular flexibility index (Phi) is 4.18. The maximum Gasteiger partial charge on any atom is 0.262 e. The second-order valence-electron chi connectivity index (χ2n) is 6.44. The molecule has 0 unspecified atom stereocenters. The molecule has 1 fully saturated rings. The predicted molar refractivity (Wildman–Crippen MR) is 100 cm³/mol. The largest absolute Gasteiger partial charge is 0.284 e. The fourth-order valence-corrected chi connectivity index (χ4v) is 4.57. The van der Waals surface area contributed by atoms with E-state index in [0.717, 1.165) is 40.0 Å². The van der Waals surface area contributed by atoms with Crippen LogP contribution in [0.15, 0.2) is 39.6 Å². The molecule has 1 aliphatic carbocycles. The standard InChI is InChI=1S/C18H19N3OS2/c1-11(2)16-19-12(9-23-16)10-24-18-20-15-6-4-3-5-14(15)17(22)21(18)13-7-8-13/h3-6,9,11,13H,7-8,10H2,1-2H3. The summed E-state index contributed by atoms with van der Waals surface area (Å²) < 4.78 is 1.89. The highest BCUT2D eigenvalue weighted by atomic mass is 32.2. The van der Waals surface area contributed by atoms with Crippen LogP contribution in [-0.2, 0) is 5.75 Å². The molecule has 0 N–H and O–H groups in total. The fourth-order valence-electron chi connectivity index (χ4n) is 2.67. The zero-order chi connectivity index (χ0) is 16.7. The smallest absolute Gasteiger partial charge is 0.262 e. The lowest BCUT2D eigenvalue weighted by Gasteiger charge is -2.11. The summed E-state index contributed by atoms with van der Waals surface area (Å²) in [6, 6.07) is 7.93. The van der Waals surface area contributed by atoms with Gasteiger partial charge in [0.15, 0.2) is 5.16 Å². The molecule has 4 rings (SSSR count). The van der Waals surface area contributed by atoms with Gasteiger partial charge in [0.1, 0.15) is 0 Å². The van der Waals surface area contributed by atoms with Gasteiger partial charge < -0.3 is 0 Å². The van der Waals surface area contributed by atoms with E-state index < -0.39 is 0 Å². The molecule has 0 atom stereocenters. The summed E-state index contributed by atoms with van der Waals surface area (Å²) in [7, 11) is 0. The summed E-state index contributed by atoms with van der Waals surface area (Å²) in [5.74, 6) is 1.21. The molecule has 0 spiro atoms. The topological polar surface area (TPSA) is 47.8 Å². The first kappa shape index (κ1) is 15.8. The van der Waals surface area contributed by atoms with Gasteiger partial charge in [-0.15, -0.1) is 11.3 Å². The van der Waals surface area contributed by atoms with E-state index in [9.17, 15) is 4.79 Å². The molecule has 3 aromatic rings. The number of nitrogens with zero attached hydrogens (tertiary/aromatic N) is 3. The van der Waals surface area contributed by atoms with Gasteiger partial charge in [-0.1, -0.05) is 37.7 Å². The summed E-state index contributed by atoms with van der Waals surface area (Å²) in [5.41, 5.74) is 1.94. The van der Waals surface area contributed by atoms with Crippen LogP contribution in [0.4, 0.5) is 0 Å². The molecule has 4 nitrogen and oxygen atoms in total. The van der Waals surface area contributed by atoms with E-state index in [-0.39, 0.29) is 5.56 Å². The highest BCUT2D eigenvalue weighted by Crippen LogP contribution is 2.37. The van der Waals surface area contributed by atoms with E-state index in [2.05, 4.69) is 24.2 Å². The van der Waals surface area contributed by atoms with Crippen molar-refractivity contribution in [2.75, 3.05) is 0 Å². The molecular weight excluding hydrogens is 338 g/mol. The van der Waals surface area contributed by atoms with Crippen molar-refractivity contribution >= 4 is 34.0 Å². The van der Waals surface area contributed by atoms with Crippen molar-refractivity contribution in [3.8, 4) is 0 Å². The van der Waals surface area contributed by atoms with Gasteiger partial charge in [-0.25, -0.2) is 9.97 Å². The Morgan fingerprint density at radius 2 is 2.08 bits per heavy atom. The first-order valence-electron chi connectivity index (χ1n) is 8.22. The van der Waals surface area contributed by atoms with Gasteiger partial charge in [0.05, 0.1) is 21.6 Å². The molecule has 0 radical (unpaired) electrons. The third-order valence-corrected chi connectivity index (χ3v) is 6.28. The Balaban J connectivity index is 1.67. The second kappa shape index (κ2) is 6.33. The van der Waals surface area contributed by atoms with Gasteiger partial charge >= 0.3 is 0 Å². The van der Waals surface area contributed by atoms with Crippen molar-refractivity contribution in [3.63, 3.8) is 0 Å². The van der Waals surface area contributed by atoms with E-state index in [1.807, 2.05) is 28.8 Å². The zero-order valence-electron chi connectivity index (χ0n) is 13.7. The van der Waals surface area contributed by atoms with Crippen LogP contribution in [0.1, 0.15) is 49.4 Å². The summed E-state index contributed by atoms with van der Waals surface area (Å²) in [5, 5.41) is 4.81.